The van der Waals surface area contributed by atoms with Crippen molar-refractivity contribution in [2.45, 2.75) is 0 Å². The average molecular weight is 240 g/mol. The van der Waals surface area contributed by atoms with Gasteiger partial charge in [0.2, 0.25) is 5.76 Å². The van der Waals surface area contributed by atoms with Crippen LogP contribution >= 0.6 is 0 Å². The van der Waals surface area contributed by atoms with E-state index < -0.39 is 5.97 Å². The molecule has 0 fully saturated rings. The molecule has 2 rings (SSSR count). The highest BCUT2D eigenvalue weighted by molar-refractivity contribution is 5.84. The van der Waals surface area contributed by atoms with Gasteiger partial charge in [0.1, 0.15) is 5.75 Å². The van der Waals surface area contributed by atoms with E-state index in [-0.39, 0.29) is 5.76 Å². The highest BCUT2D eigenvalue weighted by Crippen LogP contribution is 2.24. The average Bonchev–Trinajstić information content (AvgIpc) is 2.40. The van der Waals surface area contributed by atoms with Crippen molar-refractivity contribution in [3.05, 3.63) is 66.9 Å². The second-order valence-corrected chi connectivity index (χ2v) is 3.72. The number of aliphatic carboxylic acids is 1. The van der Waals surface area contributed by atoms with Crippen molar-refractivity contribution in [2.24, 2.45) is 0 Å². The van der Waals surface area contributed by atoms with Crippen molar-refractivity contribution in [1.82, 2.24) is 0 Å². The van der Waals surface area contributed by atoms with E-state index in [1.807, 2.05) is 42.5 Å². The number of benzene rings is 2. The molecule has 0 amide bonds. The predicted molar refractivity (Wildman–Crippen MR) is 69.3 cm³/mol. The quantitative estimate of drug-likeness (QED) is 0.658. The van der Waals surface area contributed by atoms with Crippen LogP contribution in [-0.4, -0.2) is 11.1 Å². The Bertz CT molecular complexity index is 573. The Hall–Kier alpha value is -2.55. The maximum atomic E-state index is 10.6. The molecule has 0 saturated heterocycles. The minimum atomic E-state index is -1.17. The predicted octanol–water partition coefficient (Wildman–Crippen LogP) is 3.33. The fourth-order valence-electron chi connectivity index (χ4n) is 1.56. The number of ether oxygens (including phenoxy) is 1. The summed E-state index contributed by atoms with van der Waals surface area (Å²) in [4.78, 5) is 10.6. The van der Waals surface area contributed by atoms with Crippen LogP contribution in [0.25, 0.3) is 11.1 Å². The minimum absolute atomic E-state index is 0.291. The number of rotatable bonds is 4. The van der Waals surface area contributed by atoms with Gasteiger partial charge in [-0.1, -0.05) is 42.5 Å². The molecule has 18 heavy (non-hydrogen) atoms. The molecule has 0 unspecified atom stereocenters. The van der Waals surface area contributed by atoms with Gasteiger partial charge in [0, 0.05) is 0 Å². The molecule has 1 N–H and O–H groups in total. The third kappa shape index (κ3) is 2.77. The van der Waals surface area contributed by atoms with E-state index in [2.05, 4.69) is 6.58 Å². The summed E-state index contributed by atoms with van der Waals surface area (Å²) in [5, 5.41) is 8.71. The minimum Gasteiger partial charge on any atom is -0.475 e. The molecule has 0 saturated carbocycles. The largest absolute Gasteiger partial charge is 0.475 e. The van der Waals surface area contributed by atoms with Gasteiger partial charge in [-0.3, -0.25) is 0 Å². The van der Waals surface area contributed by atoms with Gasteiger partial charge in [-0.05, 0) is 29.8 Å². The van der Waals surface area contributed by atoms with E-state index in [0.29, 0.717) is 5.75 Å². The molecule has 2 aromatic rings. The zero-order valence-corrected chi connectivity index (χ0v) is 9.67. The van der Waals surface area contributed by atoms with Gasteiger partial charge in [-0.2, -0.15) is 0 Å². The zero-order chi connectivity index (χ0) is 13.0. The standard InChI is InChI=1S/C15H12O3/c1-11(15(16)17)18-14-9-5-8-13(10-14)12-6-3-2-4-7-12/h2-10H,1H2,(H,16,17). The fourth-order valence-corrected chi connectivity index (χ4v) is 1.56. The third-order valence-corrected chi connectivity index (χ3v) is 2.42. The van der Waals surface area contributed by atoms with Gasteiger partial charge < -0.3 is 9.84 Å². The van der Waals surface area contributed by atoms with E-state index in [1.54, 1.807) is 12.1 Å². The Morgan fingerprint density at radius 1 is 1.00 bits per heavy atom. The maximum absolute atomic E-state index is 10.6. The second kappa shape index (κ2) is 5.19. The number of hydrogen-bond donors (Lipinski definition) is 1. The van der Waals surface area contributed by atoms with Crippen LogP contribution in [0.3, 0.4) is 0 Å². The molecule has 0 aromatic heterocycles. The Morgan fingerprint density at radius 2 is 1.67 bits per heavy atom. The SMILES string of the molecule is C=C(Oc1cccc(-c2ccccc2)c1)C(=O)O. The van der Waals surface area contributed by atoms with Crippen LogP contribution in [0.5, 0.6) is 5.75 Å². The Balaban J connectivity index is 2.26. The Kier molecular flexibility index (Phi) is 3.44. The molecular formula is C15H12O3. The second-order valence-electron chi connectivity index (χ2n) is 3.72. The van der Waals surface area contributed by atoms with Crippen LogP contribution in [0.4, 0.5) is 0 Å². The molecular weight excluding hydrogens is 228 g/mol. The molecule has 3 heteroatoms. The van der Waals surface area contributed by atoms with Crippen LogP contribution in [-0.2, 0) is 4.79 Å². The topological polar surface area (TPSA) is 46.5 Å². The highest BCUT2D eigenvalue weighted by atomic mass is 16.5. The highest BCUT2D eigenvalue weighted by Gasteiger charge is 2.07. The zero-order valence-electron chi connectivity index (χ0n) is 9.67. The summed E-state index contributed by atoms with van der Waals surface area (Å²) in [5.74, 6) is -0.996. The van der Waals surface area contributed by atoms with Crippen LogP contribution in [0.1, 0.15) is 0 Å². The van der Waals surface area contributed by atoms with Gasteiger partial charge in [0.25, 0.3) is 0 Å². The summed E-state index contributed by atoms with van der Waals surface area (Å²) in [6.45, 7) is 3.33. The first-order valence-corrected chi connectivity index (χ1v) is 5.42. The lowest BCUT2D eigenvalue weighted by Gasteiger charge is -2.07. The van der Waals surface area contributed by atoms with Crippen molar-refractivity contribution in [3.8, 4) is 16.9 Å². The van der Waals surface area contributed by atoms with Crippen molar-refractivity contribution in [2.75, 3.05) is 0 Å². The molecule has 0 atom stereocenters. The van der Waals surface area contributed by atoms with E-state index in [1.165, 1.54) is 0 Å². The number of carboxylic acids is 1. The van der Waals surface area contributed by atoms with Crippen LogP contribution < -0.4 is 4.74 Å². The van der Waals surface area contributed by atoms with Crippen molar-refractivity contribution in [3.63, 3.8) is 0 Å². The monoisotopic (exact) mass is 240 g/mol. The molecule has 2 aromatic carbocycles. The number of hydrogen-bond acceptors (Lipinski definition) is 2. The van der Waals surface area contributed by atoms with Crippen molar-refractivity contribution < 1.29 is 14.6 Å². The van der Waals surface area contributed by atoms with Gasteiger partial charge in [-0.25, -0.2) is 4.79 Å². The van der Waals surface area contributed by atoms with Crippen LogP contribution in [0, 0.1) is 0 Å². The molecule has 0 radical (unpaired) electrons. The summed E-state index contributed by atoms with van der Waals surface area (Å²) < 4.78 is 5.14. The molecule has 90 valence electrons. The number of carbonyl (C=O) groups is 1. The lowest BCUT2D eigenvalue weighted by Crippen LogP contribution is -2.05. The van der Waals surface area contributed by atoms with Crippen LogP contribution in [0.2, 0.25) is 0 Å². The van der Waals surface area contributed by atoms with E-state index in [9.17, 15) is 4.79 Å². The van der Waals surface area contributed by atoms with Gasteiger partial charge in [0.15, 0.2) is 0 Å². The normalized spacial score (nSPS) is 9.78. The maximum Gasteiger partial charge on any atom is 0.371 e. The smallest absolute Gasteiger partial charge is 0.371 e. The van der Waals surface area contributed by atoms with E-state index >= 15 is 0 Å². The molecule has 0 aliphatic carbocycles. The first kappa shape index (κ1) is 11.9. The van der Waals surface area contributed by atoms with Crippen molar-refractivity contribution in [1.29, 1.82) is 0 Å². The van der Waals surface area contributed by atoms with Gasteiger partial charge in [-0.15, -0.1) is 0 Å². The van der Waals surface area contributed by atoms with Gasteiger partial charge >= 0.3 is 5.97 Å². The molecule has 0 heterocycles. The molecule has 0 aliphatic heterocycles. The third-order valence-electron chi connectivity index (χ3n) is 2.42. The number of carboxylic acid groups (broad SMARTS) is 1. The summed E-state index contributed by atoms with van der Waals surface area (Å²) in [6, 6.07) is 17.0. The van der Waals surface area contributed by atoms with Gasteiger partial charge in [0.05, 0.1) is 0 Å². The fraction of sp³-hybridized carbons (Fsp3) is 0. The lowest BCUT2D eigenvalue weighted by atomic mass is 10.1. The van der Waals surface area contributed by atoms with E-state index in [4.69, 9.17) is 9.84 Å². The summed E-state index contributed by atoms with van der Waals surface area (Å²) >= 11 is 0. The first-order valence-electron chi connectivity index (χ1n) is 5.42. The molecule has 0 spiro atoms. The summed E-state index contributed by atoms with van der Waals surface area (Å²) in [5.41, 5.74) is 2.01. The summed E-state index contributed by atoms with van der Waals surface area (Å²) in [6.07, 6.45) is 0. The Morgan fingerprint density at radius 3 is 2.33 bits per heavy atom. The summed E-state index contributed by atoms with van der Waals surface area (Å²) in [7, 11) is 0. The van der Waals surface area contributed by atoms with Crippen molar-refractivity contribution >= 4 is 5.97 Å². The van der Waals surface area contributed by atoms with Crippen LogP contribution in [0.15, 0.2) is 66.9 Å². The van der Waals surface area contributed by atoms with E-state index in [0.717, 1.165) is 11.1 Å². The molecule has 0 bridgehead atoms. The lowest BCUT2D eigenvalue weighted by molar-refractivity contribution is -0.135. The molecule has 0 aliphatic rings. The Labute approximate surface area is 105 Å². The first-order chi connectivity index (χ1) is 8.66. The molecule has 3 nitrogen and oxygen atoms in total.